The summed E-state index contributed by atoms with van der Waals surface area (Å²) in [6.45, 7) is 0. The van der Waals surface area contributed by atoms with Crippen LogP contribution in [0.5, 0.6) is 0 Å². The smallest absolute Gasteiger partial charge is 0.266 e. The van der Waals surface area contributed by atoms with Crippen molar-refractivity contribution in [3.63, 3.8) is 0 Å². The van der Waals surface area contributed by atoms with Gasteiger partial charge in [-0.25, -0.2) is 9.88 Å². The number of imide groups is 1. The molecule has 6 nitrogen and oxygen atoms in total. The molecule has 1 N–H and O–H groups in total. The summed E-state index contributed by atoms with van der Waals surface area (Å²) in [5.74, 6) is -1.27. The number of hydrogen-bond acceptors (Lipinski definition) is 4. The number of amides is 3. The van der Waals surface area contributed by atoms with Gasteiger partial charge in [0.25, 0.3) is 17.7 Å². The van der Waals surface area contributed by atoms with Gasteiger partial charge < -0.3 is 5.32 Å². The Kier molecular flexibility index (Phi) is 4.58. The first-order valence-electron chi connectivity index (χ1n) is 8.16. The van der Waals surface area contributed by atoms with E-state index in [9.17, 15) is 14.4 Å². The maximum absolute atomic E-state index is 12.6. The molecule has 0 fully saturated rings. The summed E-state index contributed by atoms with van der Waals surface area (Å²) >= 11 is 12.0. The van der Waals surface area contributed by atoms with Crippen molar-refractivity contribution in [2.24, 2.45) is 0 Å². The van der Waals surface area contributed by atoms with Crippen LogP contribution in [0.15, 0.2) is 60.8 Å². The third-order valence-corrected chi connectivity index (χ3v) is 4.76. The average molecular weight is 412 g/mol. The SMILES string of the molecule is O=C(Nc1ccc(N2C(=O)c3ccccc3C2=O)c(Cl)c1)c1ccc(Cl)nc1. The molecule has 138 valence electrons. The summed E-state index contributed by atoms with van der Waals surface area (Å²) in [6.07, 6.45) is 1.35. The van der Waals surface area contributed by atoms with Gasteiger partial charge in [0.15, 0.2) is 0 Å². The van der Waals surface area contributed by atoms with E-state index in [-0.39, 0.29) is 15.9 Å². The van der Waals surface area contributed by atoms with Crippen molar-refractivity contribution in [1.82, 2.24) is 4.98 Å². The topological polar surface area (TPSA) is 79.4 Å². The Morgan fingerprint density at radius 3 is 2.18 bits per heavy atom. The monoisotopic (exact) mass is 411 g/mol. The Bertz CT molecular complexity index is 1090. The van der Waals surface area contributed by atoms with Gasteiger partial charge in [-0.2, -0.15) is 0 Å². The van der Waals surface area contributed by atoms with E-state index in [0.717, 1.165) is 4.90 Å². The predicted octanol–water partition coefficient (Wildman–Crippen LogP) is 4.44. The summed E-state index contributed by atoms with van der Waals surface area (Å²) in [7, 11) is 0. The van der Waals surface area contributed by atoms with E-state index in [2.05, 4.69) is 10.3 Å². The van der Waals surface area contributed by atoms with E-state index in [0.29, 0.717) is 22.4 Å². The van der Waals surface area contributed by atoms with Crippen LogP contribution < -0.4 is 10.2 Å². The third-order valence-electron chi connectivity index (χ3n) is 4.23. The lowest BCUT2D eigenvalue weighted by molar-refractivity contribution is 0.0924. The Morgan fingerprint density at radius 1 is 0.929 bits per heavy atom. The second-order valence-electron chi connectivity index (χ2n) is 5.98. The number of fused-ring (bicyclic) bond motifs is 1. The van der Waals surface area contributed by atoms with Crippen LogP contribution in [0.1, 0.15) is 31.1 Å². The fourth-order valence-corrected chi connectivity index (χ4v) is 3.26. The van der Waals surface area contributed by atoms with Crippen LogP contribution in [0.3, 0.4) is 0 Å². The second kappa shape index (κ2) is 7.07. The molecule has 1 aliphatic rings. The predicted molar refractivity (Wildman–Crippen MR) is 106 cm³/mol. The molecule has 0 radical (unpaired) electrons. The lowest BCUT2D eigenvalue weighted by atomic mass is 10.1. The number of hydrogen-bond donors (Lipinski definition) is 1. The molecule has 3 amide bonds. The number of aromatic nitrogens is 1. The molecule has 2 aromatic carbocycles. The van der Waals surface area contributed by atoms with Gasteiger partial charge in [0.2, 0.25) is 0 Å². The molecule has 28 heavy (non-hydrogen) atoms. The number of anilines is 2. The number of halogens is 2. The van der Waals surface area contributed by atoms with Crippen molar-refractivity contribution < 1.29 is 14.4 Å². The fourth-order valence-electron chi connectivity index (χ4n) is 2.89. The van der Waals surface area contributed by atoms with Gasteiger partial charge in [-0.05, 0) is 42.5 Å². The molecule has 4 rings (SSSR count). The van der Waals surface area contributed by atoms with E-state index >= 15 is 0 Å². The standard InChI is InChI=1S/C20H11Cl2N3O3/c21-15-9-12(24-18(26)11-5-8-17(22)23-10-11)6-7-16(15)25-19(27)13-3-1-2-4-14(13)20(25)28/h1-10H,(H,24,26). The van der Waals surface area contributed by atoms with Crippen molar-refractivity contribution >= 4 is 52.3 Å². The molecule has 0 saturated heterocycles. The Hall–Kier alpha value is -3.22. The number of rotatable bonds is 3. The third kappa shape index (κ3) is 3.13. The van der Waals surface area contributed by atoms with Gasteiger partial charge in [-0.15, -0.1) is 0 Å². The minimum absolute atomic E-state index is 0.154. The molecule has 3 aromatic rings. The van der Waals surface area contributed by atoms with Crippen LogP contribution in [0.25, 0.3) is 0 Å². The minimum atomic E-state index is -0.438. The van der Waals surface area contributed by atoms with Gasteiger partial charge in [0.05, 0.1) is 27.4 Å². The number of benzene rings is 2. The molecule has 0 spiro atoms. The van der Waals surface area contributed by atoms with E-state index in [1.54, 1.807) is 36.4 Å². The molecular weight excluding hydrogens is 401 g/mol. The van der Waals surface area contributed by atoms with Crippen LogP contribution in [-0.4, -0.2) is 22.7 Å². The van der Waals surface area contributed by atoms with E-state index in [4.69, 9.17) is 23.2 Å². The number of nitrogens with one attached hydrogen (secondary N) is 1. The highest BCUT2D eigenvalue weighted by Crippen LogP contribution is 2.34. The highest BCUT2D eigenvalue weighted by Gasteiger charge is 2.37. The highest BCUT2D eigenvalue weighted by atomic mass is 35.5. The molecule has 2 heterocycles. The van der Waals surface area contributed by atoms with Crippen molar-refractivity contribution in [3.8, 4) is 0 Å². The quantitative estimate of drug-likeness (QED) is 0.510. The minimum Gasteiger partial charge on any atom is -0.322 e. The lowest BCUT2D eigenvalue weighted by Crippen LogP contribution is -2.29. The Labute approximate surface area is 169 Å². The summed E-state index contributed by atoms with van der Waals surface area (Å²) in [5, 5.41) is 3.12. The molecule has 1 aromatic heterocycles. The number of carbonyl (C=O) groups excluding carboxylic acids is 3. The number of nitrogens with zero attached hydrogens (tertiary/aromatic N) is 2. The van der Waals surface area contributed by atoms with Crippen LogP contribution >= 0.6 is 23.2 Å². The molecule has 0 unspecified atom stereocenters. The maximum atomic E-state index is 12.6. The number of pyridine rings is 1. The maximum Gasteiger partial charge on any atom is 0.266 e. The van der Waals surface area contributed by atoms with E-state index in [1.807, 2.05) is 0 Å². The summed E-state index contributed by atoms with van der Waals surface area (Å²) in [5.41, 5.74) is 1.64. The molecule has 8 heteroatoms. The summed E-state index contributed by atoms with van der Waals surface area (Å²) in [6, 6.07) is 14.2. The normalized spacial score (nSPS) is 12.9. The number of carbonyl (C=O) groups is 3. The van der Waals surface area contributed by atoms with Crippen LogP contribution in [0.4, 0.5) is 11.4 Å². The van der Waals surface area contributed by atoms with Gasteiger partial charge in [0, 0.05) is 11.9 Å². The van der Waals surface area contributed by atoms with Gasteiger partial charge in [0.1, 0.15) is 5.15 Å². The zero-order valence-electron chi connectivity index (χ0n) is 14.1. The Balaban J connectivity index is 1.59. The fraction of sp³-hybridized carbons (Fsp3) is 0. The highest BCUT2D eigenvalue weighted by molar-refractivity contribution is 6.40. The zero-order chi connectivity index (χ0) is 19.8. The van der Waals surface area contributed by atoms with Crippen molar-refractivity contribution in [2.75, 3.05) is 10.2 Å². The van der Waals surface area contributed by atoms with Crippen LogP contribution in [0, 0.1) is 0 Å². The lowest BCUT2D eigenvalue weighted by Gasteiger charge is -2.16. The molecule has 0 atom stereocenters. The van der Waals surface area contributed by atoms with Crippen LogP contribution in [0.2, 0.25) is 10.2 Å². The summed E-state index contributed by atoms with van der Waals surface area (Å²) in [4.78, 5) is 42.4. The molecule has 1 aliphatic heterocycles. The van der Waals surface area contributed by atoms with Crippen molar-refractivity contribution in [1.29, 1.82) is 0 Å². The van der Waals surface area contributed by atoms with E-state index < -0.39 is 17.7 Å². The zero-order valence-corrected chi connectivity index (χ0v) is 15.7. The first-order valence-corrected chi connectivity index (χ1v) is 8.91. The first-order chi connectivity index (χ1) is 13.5. The van der Waals surface area contributed by atoms with E-state index in [1.165, 1.54) is 24.4 Å². The first kappa shape index (κ1) is 18.2. The Morgan fingerprint density at radius 2 is 1.61 bits per heavy atom. The van der Waals surface area contributed by atoms with Crippen molar-refractivity contribution in [2.45, 2.75) is 0 Å². The molecule has 0 aliphatic carbocycles. The average Bonchev–Trinajstić information content (AvgIpc) is 2.94. The van der Waals surface area contributed by atoms with Crippen molar-refractivity contribution in [3.05, 3.63) is 87.7 Å². The molecule has 0 bridgehead atoms. The van der Waals surface area contributed by atoms with Gasteiger partial charge in [-0.1, -0.05) is 35.3 Å². The summed E-state index contributed by atoms with van der Waals surface area (Å²) < 4.78 is 0. The second-order valence-corrected chi connectivity index (χ2v) is 6.78. The largest absolute Gasteiger partial charge is 0.322 e. The van der Waals surface area contributed by atoms with Gasteiger partial charge >= 0.3 is 0 Å². The molecular formula is C20H11Cl2N3O3. The van der Waals surface area contributed by atoms with Gasteiger partial charge in [-0.3, -0.25) is 14.4 Å². The molecule has 0 saturated carbocycles. The van der Waals surface area contributed by atoms with Crippen LogP contribution in [-0.2, 0) is 0 Å².